The van der Waals surface area contributed by atoms with E-state index in [-0.39, 0.29) is 0 Å². The molecule has 0 radical (unpaired) electrons. The van der Waals surface area contributed by atoms with Gasteiger partial charge in [0, 0.05) is 16.5 Å². The number of hydrogen-bond acceptors (Lipinski definition) is 5. The molecule has 0 unspecified atom stereocenters. The van der Waals surface area contributed by atoms with E-state index in [1.54, 1.807) is 30.5 Å². The van der Waals surface area contributed by atoms with Crippen LogP contribution in [0.1, 0.15) is 18.6 Å². The molecule has 0 bridgehead atoms. The fourth-order valence-electron chi connectivity index (χ4n) is 2.73. The molecule has 1 aromatic heterocycles. The number of rotatable bonds is 2. The Labute approximate surface area is 148 Å². The second-order valence-corrected chi connectivity index (χ2v) is 6.03. The minimum atomic E-state index is 0.333. The lowest BCUT2D eigenvalue weighted by molar-refractivity contribution is 0.277. The van der Waals surface area contributed by atoms with E-state index in [1.165, 1.54) is 6.26 Å². The fourth-order valence-corrected chi connectivity index (χ4v) is 2.90. The van der Waals surface area contributed by atoms with Crippen molar-refractivity contribution in [1.29, 1.82) is 0 Å². The summed E-state index contributed by atoms with van der Waals surface area (Å²) in [6, 6.07) is 6.67. The lowest BCUT2D eigenvalue weighted by Gasteiger charge is -2.19. The van der Waals surface area contributed by atoms with Gasteiger partial charge in [0.15, 0.2) is 11.5 Å². The zero-order chi connectivity index (χ0) is 17.2. The van der Waals surface area contributed by atoms with Gasteiger partial charge in [-0.2, -0.15) is 0 Å². The van der Waals surface area contributed by atoms with E-state index >= 15 is 0 Å². The highest BCUT2D eigenvalue weighted by Gasteiger charge is 2.19. The lowest BCUT2D eigenvalue weighted by Crippen LogP contribution is -2.08. The molecule has 0 fully saturated rings. The highest BCUT2D eigenvalue weighted by atomic mass is 35.5. The minimum Gasteiger partial charge on any atom is -0.465 e. The Morgan fingerprint density at radius 1 is 1.12 bits per heavy atom. The fraction of sp³-hybridized carbons (Fsp3) is 0.105. The van der Waals surface area contributed by atoms with Crippen LogP contribution >= 0.6 is 11.6 Å². The normalized spacial score (nSPS) is 17.5. The Balaban J connectivity index is 1.73. The zero-order valence-corrected chi connectivity index (χ0v) is 13.9. The molecule has 5 nitrogen and oxygen atoms in total. The Bertz CT molecular complexity index is 1030. The number of fused-ring (bicyclic) bond motifs is 1. The predicted molar refractivity (Wildman–Crippen MR) is 93.3 cm³/mol. The molecule has 1 N–H and O–H groups in total. The molecule has 2 aromatic rings. The van der Waals surface area contributed by atoms with E-state index < -0.39 is 0 Å². The van der Waals surface area contributed by atoms with Gasteiger partial charge < -0.3 is 19.1 Å². The van der Waals surface area contributed by atoms with Crippen LogP contribution in [-0.2, 0) is 9.47 Å². The molecule has 6 heteroatoms. The lowest BCUT2D eigenvalue weighted by atomic mass is 10.0. The van der Waals surface area contributed by atoms with Crippen LogP contribution in [0.2, 0.25) is 5.02 Å². The summed E-state index contributed by atoms with van der Waals surface area (Å²) in [5.41, 5.74) is 1.57. The third-order valence-electron chi connectivity index (χ3n) is 3.96. The molecule has 0 saturated heterocycles. The highest BCUT2D eigenvalue weighted by molar-refractivity contribution is 6.31. The Morgan fingerprint density at radius 2 is 2.00 bits per heavy atom. The van der Waals surface area contributed by atoms with Crippen LogP contribution in [0.4, 0.5) is 0 Å². The maximum atomic E-state index is 9.33. The third-order valence-corrected chi connectivity index (χ3v) is 4.19. The standard InChI is InChI=1S/C19H14ClNO4/c20-13-6-7-16-14(8-13)15(21-22)9-17(24-16)19-11-23-10-18(25-19)12-4-2-1-3-5-12/h1-2,4,6-11,22H,3,5H2. The molecule has 126 valence electrons. The summed E-state index contributed by atoms with van der Waals surface area (Å²) in [6.45, 7) is 0. The van der Waals surface area contributed by atoms with Crippen LogP contribution in [0, 0.1) is 0 Å². The first-order valence-corrected chi connectivity index (χ1v) is 8.14. The molecule has 25 heavy (non-hydrogen) atoms. The van der Waals surface area contributed by atoms with Gasteiger partial charge in [-0.1, -0.05) is 35.0 Å². The predicted octanol–water partition coefficient (Wildman–Crippen LogP) is 4.84. The Morgan fingerprint density at radius 3 is 2.80 bits per heavy atom. The van der Waals surface area contributed by atoms with Gasteiger partial charge in [-0.15, -0.1) is 0 Å². The first-order valence-electron chi connectivity index (χ1n) is 7.76. The topological polar surface area (TPSA) is 64.2 Å². The van der Waals surface area contributed by atoms with Gasteiger partial charge in [-0.25, -0.2) is 0 Å². The van der Waals surface area contributed by atoms with Crippen molar-refractivity contribution in [2.45, 2.75) is 12.8 Å². The van der Waals surface area contributed by atoms with Crippen LogP contribution in [0.25, 0.3) is 16.7 Å². The number of ether oxygens (including phenoxy) is 2. The first kappa shape index (κ1) is 15.6. The smallest absolute Gasteiger partial charge is 0.205 e. The molecule has 0 amide bonds. The van der Waals surface area contributed by atoms with Crippen LogP contribution in [0.15, 0.2) is 75.9 Å². The molecular formula is C19H14ClNO4. The van der Waals surface area contributed by atoms with Crippen molar-refractivity contribution in [3.8, 4) is 0 Å². The van der Waals surface area contributed by atoms with E-state index in [0.29, 0.717) is 38.6 Å². The largest absolute Gasteiger partial charge is 0.465 e. The second kappa shape index (κ2) is 6.53. The molecule has 0 atom stereocenters. The summed E-state index contributed by atoms with van der Waals surface area (Å²) in [6.07, 6.45) is 10.9. The van der Waals surface area contributed by atoms with E-state index in [2.05, 4.69) is 11.2 Å². The maximum absolute atomic E-state index is 9.33. The zero-order valence-electron chi connectivity index (χ0n) is 13.1. The van der Waals surface area contributed by atoms with Crippen molar-refractivity contribution < 1.29 is 19.1 Å². The van der Waals surface area contributed by atoms with Crippen LogP contribution < -0.4 is 5.36 Å². The molecule has 0 saturated carbocycles. The molecular weight excluding hydrogens is 342 g/mol. The molecule has 1 aromatic carbocycles. The monoisotopic (exact) mass is 355 g/mol. The van der Waals surface area contributed by atoms with Gasteiger partial charge >= 0.3 is 0 Å². The third kappa shape index (κ3) is 3.06. The van der Waals surface area contributed by atoms with Crippen LogP contribution in [0.5, 0.6) is 0 Å². The summed E-state index contributed by atoms with van der Waals surface area (Å²) < 4.78 is 17.2. The first-order chi connectivity index (χ1) is 12.2. The quantitative estimate of drug-likeness (QED) is 0.618. The summed E-state index contributed by atoms with van der Waals surface area (Å²) in [5, 5.41) is 14.1. The summed E-state index contributed by atoms with van der Waals surface area (Å²) in [7, 11) is 0. The highest BCUT2D eigenvalue weighted by Crippen LogP contribution is 2.31. The number of benzene rings is 1. The van der Waals surface area contributed by atoms with Crippen molar-refractivity contribution >= 4 is 28.3 Å². The minimum absolute atomic E-state index is 0.333. The van der Waals surface area contributed by atoms with Crippen molar-refractivity contribution in [2.75, 3.05) is 0 Å². The summed E-state index contributed by atoms with van der Waals surface area (Å²) in [5.74, 6) is 1.42. The van der Waals surface area contributed by atoms with Gasteiger partial charge in [0.1, 0.15) is 23.5 Å². The van der Waals surface area contributed by atoms with Gasteiger partial charge in [-0.05, 0) is 36.6 Å². The molecule has 1 aliphatic heterocycles. The van der Waals surface area contributed by atoms with Crippen molar-refractivity contribution in [3.63, 3.8) is 0 Å². The number of hydrogen-bond donors (Lipinski definition) is 1. The van der Waals surface area contributed by atoms with Crippen molar-refractivity contribution in [1.82, 2.24) is 0 Å². The molecule has 2 heterocycles. The van der Waals surface area contributed by atoms with Gasteiger partial charge in [0.25, 0.3) is 0 Å². The van der Waals surface area contributed by atoms with Gasteiger partial charge in [0.2, 0.25) is 5.76 Å². The average Bonchev–Trinajstić information content (AvgIpc) is 2.68. The average molecular weight is 356 g/mol. The molecule has 0 spiro atoms. The van der Waals surface area contributed by atoms with E-state index in [9.17, 15) is 5.21 Å². The van der Waals surface area contributed by atoms with Crippen molar-refractivity contribution in [3.05, 3.63) is 82.5 Å². The second-order valence-electron chi connectivity index (χ2n) is 5.60. The van der Waals surface area contributed by atoms with Gasteiger partial charge in [0.05, 0.1) is 0 Å². The molecule has 4 rings (SSSR count). The summed E-state index contributed by atoms with van der Waals surface area (Å²) >= 11 is 6.00. The van der Waals surface area contributed by atoms with Gasteiger partial charge in [-0.3, -0.25) is 0 Å². The molecule has 2 aliphatic rings. The van der Waals surface area contributed by atoms with Crippen LogP contribution in [-0.4, -0.2) is 5.21 Å². The Kier molecular flexibility index (Phi) is 4.07. The number of halogens is 1. The number of allylic oxidation sites excluding steroid dienone is 4. The summed E-state index contributed by atoms with van der Waals surface area (Å²) in [4.78, 5) is 0. The van der Waals surface area contributed by atoms with E-state index in [1.807, 2.05) is 12.2 Å². The van der Waals surface area contributed by atoms with E-state index in [0.717, 1.165) is 18.4 Å². The van der Waals surface area contributed by atoms with Crippen LogP contribution in [0.3, 0.4) is 0 Å². The number of nitrogens with zero attached hydrogens (tertiary/aromatic N) is 1. The van der Waals surface area contributed by atoms with Crippen molar-refractivity contribution in [2.24, 2.45) is 5.16 Å². The maximum Gasteiger partial charge on any atom is 0.205 e. The molecule has 1 aliphatic carbocycles. The van der Waals surface area contributed by atoms with E-state index in [4.69, 9.17) is 25.5 Å². The SMILES string of the molecule is ON=c1cc(C2=COC=C(C3=CC=CCC3)O2)oc2ccc(Cl)cc12. The Hall–Kier alpha value is -2.92.